The van der Waals surface area contributed by atoms with Crippen molar-refractivity contribution in [2.75, 3.05) is 20.8 Å². The maximum atomic E-state index is 12.8. The SMILES string of the molecule is COCCCn1cnc2c(nnc3c(-c4ccccc4)c(COC)nn32)c1=O. The molecule has 0 aliphatic rings. The van der Waals surface area contributed by atoms with E-state index in [9.17, 15) is 4.79 Å². The first kappa shape index (κ1) is 18.2. The minimum absolute atomic E-state index is 0.179. The van der Waals surface area contributed by atoms with E-state index < -0.39 is 0 Å². The molecule has 144 valence electrons. The van der Waals surface area contributed by atoms with Gasteiger partial charge in [-0.2, -0.15) is 9.61 Å². The minimum Gasteiger partial charge on any atom is -0.385 e. The molecule has 4 rings (SSSR count). The Bertz CT molecular complexity index is 1170. The smallest absolute Gasteiger partial charge is 0.283 e. The molecule has 28 heavy (non-hydrogen) atoms. The number of methoxy groups -OCH3 is 2. The summed E-state index contributed by atoms with van der Waals surface area (Å²) < 4.78 is 13.4. The van der Waals surface area contributed by atoms with E-state index in [1.807, 2.05) is 30.3 Å². The third-order valence-corrected chi connectivity index (χ3v) is 4.46. The summed E-state index contributed by atoms with van der Waals surface area (Å²) in [5.74, 6) is 0. The monoisotopic (exact) mass is 380 g/mol. The minimum atomic E-state index is -0.249. The molecule has 3 aromatic heterocycles. The highest BCUT2D eigenvalue weighted by Gasteiger charge is 2.20. The number of nitrogens with zero attached hydrogens (tertiary/aromatic N) is 6. The van der Waals surface area contributed by atoms with Crippen LogP contribution in [0.1, 0.15) is 12.1 Å². The second-order valence-electron chi connectivity index (χ2n) is 6.32. The van der Waals surface area contributed by atoms with Gasteiger partial charge in [0.1, 0.15) is 6.33 Å². The van der Waals surface area contributed by atoms with Crippen molar-refractivity contribution in [1.82, 2.24) is 29.4 Å². The highest BCUT2D eigenvalue weighted by atomic mass is 16.5. The van der Waals surface area contributed by atoms with Crippen molar-refractivity contribution in [3.05, 3.63) is 52.7 Å². The Labute approximate surface area is 160 Å². The predicted octanol–water partition coefficient (Wildman–Crippen LogP) is 1.68. The molecule has 0 unspecified atom stereocenters. The normalized spacial score (nSPS) is 11.5. The number of aromatic nitrogens is 6. The molecule has 0 aliphatic heterocycles. The molecule has 0 atom stereocenters. The first-order valence-electron chi connectivity index (χ1n) is 8.91. The number of fused-ring (bicyclic) bond motifs is 3. The van der Waals surface area contributed by atoms with Crippen LogP contribution in [0, 0.1) is 0 Å². The number of hydrogen-bond acceptors (Lipinski definition) is 7. The first-order valence-corrected chi connectivity index (χ1v) is 8.91. The van der Waals surface area contributed by atoms with Crippen LogP contribution in [0.25, 0.3) is 27.9 Å². The van der Waals surface area contributed by atoms with Gasteiger partial charge in [-0.25, -0.2) is 4.98 Å². The maximum Gasteiger partial charge on any atom is 0.283 e. The molecular formula is C19H20N6O3. The molecule has 0 N–H and O–H groups in total. The van der Waals surface area contributed by atoms with E-state index in [1.54, 1.807) is 18.7 Å². The van der Waals surface area contributed by atoms with Gasteiger partial charge in [0.25, 0.3) is 5.56 Å². The summed E-state index contributed by atoms with van der Waals surface area (Å²) in [5, 5.41) is 13.1. The van der Waals surface area contributed by atoms with Crippen LogP contribution < -0.4 is 5.56 Å². The van der Waals surface area contributed by atoms with Crippen LogP contribution in [-0.2, 0) is 22.6 Å². The van der Waals surface area contributed by atoms with E-state index in [1.165, 1.54) is 10.9 Å². The van der Waals surface area contributed by atoms with E-state index in [0.717, 1.165) is 11.1 Å². The van der Waals surface area contributed by atoms with E-state index in [2.05, 4.69) is 20.3 Å². The van der Waals surface area contributed by atoms with Crippen LogP contribution in [-0.4, -0.2) is 50.2 Å². The van der Waals surface area contributed by atoms with Gasteiger partial charge in [-0.1, -0.05) is 30.3 Å². The molecule has 4 aromatic rings. The molecule has 0 bridgehead atoms. The predicted molar refractivity (Wildman–Crippen MR) is 103 cm³/mol. The van der Waals surface area contributed by atoms with Crippen molar-refractivity contribution in [3.8, 4) is 11.1 Å². The fourth-order valence-corrected chi connectivity index (χ4v) is 3.18. The lowest BCUT2D eigenvalue weighted by Crippen LogP contribution is -2.23. The Kier molecular flexibility index (Phi) is 5.09. The lowest BCUT2D eigenvalue weighted by molar-refractivity contribution is 0.181. The summed E-state index contributed by atoms with van der Waals surface area (Å²) in [6.45, 7) is 1.37. The summed E-state index contributed by atoms with van der Waals surface area (Å²) in [7, 11) is 3.24. The van der Waals surface area contributed by atoms with Gasteiger partial charge in [0, 0.05) is 27.4 Å². The third kappa shape index (κ3) is 3.14. The van der Waals surface area contributed by atoms with Crippen LogP contribution in [0.5, 0.6) is 0 Å². The lowest BCUT2D eigenvalue weighted by Gasteiger charge is -2.06. The highest BCUT2D eigenvalue weighted by molar-refractivity contribution is 5.83. The molecular weight excluding hydrogens is 360 g/mol. The summed E-state index contributed by atoms with van der Waals surface area (Å²) in [5.41, 5.74) is 3.32. The standard InChI is InChI=1S/C19H20N6O3/c1-27-10-6-9-24-12-20-18-16(19(24)26)21-22-17-15(13-7-4-3-5-8-13)14(11-28-2)23-25(17)18/h3-5,7-8,12H,6,9-11H2,1-2H3. The van der Waals surface area contributed by atoms with E-state index in [-0.39, 0.29) is 11.1 Å². The molecule has 1 aromatic carbocycles. The highest BCUT2D eigenvalue weighted by Crippen LogP contribution is 2.28. The van der Waals surface area contributed by atoms with Crippen molar-refractivity contribution in [1.29, 1.82) is 0 Å². The van der Waals surface area contributed by atoms with Crippen LogP contribution in [0.2, 0.25) is 0 Å². The molecule has 9 nitrogen and oxygen atoms in total. The summed E-state index contributed by atoms with van der Waals surface area (Å²) in [6, 6.07) is 9.79. The number of aryl methyl sites for hydroxylation is 1. The fraction of sp³-hybridized carbons (Fsp3) is 0.316. The summed E-state index contributed by atoms with van der Waals surface area (Å²) in [4.78, 5) is 17.2. The van der Waals surface area contributed by atoms with Crippen LogP contribution >= 0.6 is 0 Å². The van der Waals surface area contributed by atoms with Gasteiger partial charge in [-0.15, -0.1) is 10.2 Å². The Morgan fingerprint density at radius 1 is 1.04 bits per heavy atom. The number of hydrogen-bond donors (Lipinski definition) is 0. The van der Waals surface area contributed by atoms with Gasteiger partial charge in [-0.05, 0) is 12.0 Å². The van der Waals surface area contributed by atoms with Gasteiger partial charge in [0.15, 0.2) is 16.8 Å². The van der Waals surface area contributed by atoms with Crippen LogP contribution in [0.4, 0.5) is 0 Å². The Hall–Kier alpha value is -3.17. The second-order valence-corrected chi connectivity index (χ2v) is 6.32. The van der Waals surface area contributed by atoms with Crippen molar-refractivity contribution in [2.24, 2.45) is 0 Å². The van der Waals surface area contributed by atoms with Gasteiger partial charge < -0.3 is 9.47 Å². The zero-order valence-electron chi connectivity index (χ0n) is 15.7. The van der Waals surface area contributed by atoms with E-state index >= 15 is 0 Å². The molecule has 0 saturated heterocycles. The van der Waals surface area contributed by atoms with Gasteiger partial charge in [-0.3, -0.25) is 9.36 Å². The van der Waals surface area contributed by atoms with Crippen molar-refractivity contribution >= 4 is 16.8 Å². The maximum absolute atomic E-state index is 12.8. The average Bonchev–Trinajstić information content (AvgIpc) is 3.09. The Balaban J connectivity index is 1.91. The van der Waals surface area contributed by atoms with Gasteiger partial charge in [0.05, 0.1) is 17.9 Å². The third-order valence-electron chi connectivity index (χ3n) is 4.46. The first-order chi connectivity index (χ1) is 13.7. The molecule has 0 aliphatic carbocycles. The quantitative estimate of drug-likeness (QED) is 0.450. The number of rotatable bonds is 7. The topological polar surface area (TPSA) is 96.4 Å². The molecule has 9 heteroatoms. The summed E-state index contributed by atoms with van der Waals surface area (Å²) in [6.07, 6.45) is 2.22. The Morgan fingerprint density at radius 3 is 2.61 bits per heavy atom. The average molecular weight is 380 g/mol. The fourth-order valence-electron chi connectivity index (χ4n) is 3.18. The van der Waals surface area contributed by atoms with Gasteiger partial charge >= 0.3 is 0 Å². The van der Waals surface area contributed by atoms with Crippen LogP contribution in [0.15, 0.2) is 41.5 Å². The lowest BCUT2D eigenvalue weighted by atomic mass is 10.1. The Morgan fingerprint density at radius 2 is 1.86 bits per heavy atom. The van der Waals surface area contributed by atoms with Crippen molar-refractivity contribution in [3.63, 3.8) is 0 Å². The summed E-state index contributed by atoms with van der Waals surface area (Å²) >= 11 is 0. The second kappa shape index (κ2) is 7.83. The van der Waals surface area contributed by atoms with E-state index in [0.29, 0.717) is 43.2 Å². The number of ether oxygens (including phenoxy) is 2. The molecule has 0 radical (unpaired) electrons. The van der Waals surface area contributed by atoms with Crippen molar-refractivity contribution < 1.29 is 9.47 Å². The molecule has 0 saturated carbocycles. The molecule has 0 spiro atoms. The largest absolute Gasteiger partial charge is 0.385 e. The van der Waals surface area contributed by atoms with E-state index in [4.69, 9.17) is 9.47 Å². The zero-order chi connectivity index (χ0) is 19.5. The van der Waals surface area contributed by atoms with Crippen LogP contribution in [0.3, 0.4) is 0 Å². The molecule has 0 amide bonds. The van der Waals surface area contributed by atoms with Crippen molar-refractivity contribution in [2.45, 2.75) is 19.6 Å². The van der Waals surface area contributed by atoms with Gasteiger partial charge in [0.2, 0.25) is 0 Å². The molecule has 3 heterocycles. The number of benzene rings is 1. The zero-order valence-corrected chi connectivity index (χ0v) is 15.7. The molecule has 0 fully saturated rings.